The highest BCUT2D eigenvalue weighted by Gasteiger charge is 2.48. The quantitative estimate of drug-likeness (QED) is 0.683. The van der Waals surface area contributed by atoms with E-state index in [1.54, 1.807) is 6.07 Å². The highest BCUT2D eigenvalue weighted by Crippen LogP contribution is 2.30. The van der Waals surface area contributed by atoms with E-state index in [9.17, 15) is 13.6 Å². The Hall–Kier alpha value is -1.08. The van der Waals surface area contributed by atoms with Gasteiger partial charge in [0, 0.05) is 0 Å². The first-order valence-corrected chi connectivity index (χ1v) is 5.62. The molecule has 0 aromatic carbocycles. The van der Waals surface area contributed by atoms with Crippen molar-refractivity contribution < 1.29 is 18.3 Å². The van der Waals surface area contributed by atoms with Crippen LogP contribution in [0.4, 0.5) is 8.78 Å². The van der Waals surface area contributed by atoms with E-state index >= 15 is 0 Å². The number of ether oxygens (including phenoxy) is 1. The third kappa shape index (κ3) is 3.19. The zero-order valence-corrected chi connectivity index (χ0v) is 10.6. The fourth-order valence-electron chi connectivity index (χ4n) is 1.14. The molecule has 0 unspecified atom stereocenters. The number of carbonyl (C=O) groups is 1. The molecule has 7 heteroatoms. The molecule has 1 heterocycles. The first kappa shape index (κ1) is 14.0. The van der Waals surface area contributed by atoms with Gasteiger partial charge in [-0.3, -0.25) is 0 Å². The number of nitrogens with two attached hydrogens (primary N) is 1. The maximum atomic E-state index is 13.6. The lowest BCUT2D eigenvalue weighted by atomic mass is 10.1. The van der Waals surface area contributed by atoms with E-state index in [0.29, 0.717) is 4.60 Å². The number of carbonyl (C=O) groups excluding carboxylic acids is 1. The van der Waals surface area contributed by atoms with Crippen LogP contribution in [0.5, 0.6) is 0 Å². The summed E-state index contributed by atoms with van der Waals surface area (Å²) in [4.78, 5) is 14.9. The Morgan fingerprint density at radius 2 is 2.29 bits per heavy atom. The average molecular weight is 309 g/mol. The summed E-state index contributed by atoms with van der Waals surface area (Å²) in [6.07, 6.45) is 0. The lowest BCUT2D eigenvalue weighted by Gasteiger charge is -2.21. The molecule has 0 radical (unpaired) electrons. The average Bonchev–Trinajstić information content (AvgIpc) is 2.28. The van der Waals surface area contributed by atoms with Gasteiger partial charge < -0.3 is 10.5 Å². The van der Waals surface area contributed by atoms with Gasteiger partial charge in [-0.2, -0.15) is 8.78 Å². The van der Waals surface area contributed by atoms with Crippen molar-refractivity contribution in [2.45, 2.75) is 18.9 Å². The molecule has 0 saturated heterocycles. The molecule has 0 aliphatic carbocycles. The Bertz CT molecular complexity index is 415. The number of hydrogen-bond acceptors (Lipinski definition) is 4. The predicted molar refractivity (Wildman–Crippen MR) is 60.4 cm³/mol. The number of alkyl halides is 2. The van der Waals surface area contributed by atoms with E-state index in [4.69, 9.17) is 5.73 Å². The first-order valence-electron chi connectivity index (χ1n) is 4.82. The van der Waals surface area contributed by atoms with Gasteiger partial charge >= 0.3 is 11.9 Å². The summed E-state index contributed by atoms with van der Waals surface area (Å²) in [5.41, 5.74) is 5.25. The molecule has 1 aromatic rings. The Kier molecular flexibility index (Phi) is 4.53. The molecule has 0 bridgehead atoms. The van der Waals surface area contributed by atoms with Crippen LogP contribution in [-0.2, 0) is 9.53 Å². The third-order valence-electron chi connectivity index (χ3n) is 1.99. The second kappa shape index (κ2) is 5.50. The molecule has 1 atom stereocenters. The molecular weight excluding hydrogens is 298 g/mol. The van der Waals surface area contributed by atoms with Gasteiger partial charge in [-0.15, -0.1) is 0 Å². The van der Waals surface area contributed by atoms with E-state index in [2.05, 4.69) is 25.7 Å². The highest BCUT2D eigenvalue weighted by atomic mass is 79.9. The monoisotopic (exact) mass is 308 g/mol. The van der Waals surface area contributed by atoms with Crippen LogP contribution in [0.25, 0.3) is 0 Å². The zero-order chi connectivity index (χ0) is 13.1. The summed E-state index contributed by atoms with van der Waals surface area (Å²) < 4.78 is 31.8. The van der Waals surface area contributed by atoms with Crippen LogP contribution in [0.2, 0.25) is 0 Å². The summed E-state index contributed by atoms with van der Waals surface area (Å²) in [6.45, 7) is 1.31. The minimum absolute atomic E-state index is 0.0857. The van der Waals surface area contributed by atoms with E-state index in [1.165, 1.54) is 19.1 Å². The van der Waals surface area contributed by atoms with Gasteiger partial charge in [0.25, 0.3) is 0 Å². The van der Waals surface area contributed by atoms with Gasteiger partial charge in [0.15, 0.2) is 0 Å². The van der Waals surface area contributed by atoms with Crippen LogP contribution < -0.4 is 5.73 Å². The van der Waals surface area contributed by atoms with Crippen molar-refractivity contribution in [2.75, 3.05) is 6.61 Å². The topological polar surface area (TPSA) is 65.2 Å². The number of esters is 1. The second-order valence-electron chi connectivity index (χ2n) is 3.21. The van der Waals surface area contributed by atoms with Crippen LogP contribution >= 0.6 is 15.9 Å². The van der Waals surface area contributed by atoms with Crippen LogP contribution in [0.3, 0.4) is 0 Å². The molecule has 1 aromatic heterocycles. The van der Waals surface area contributed by atoms with Gasteiger partial charge in [-0.1, -0.05) is 6.07 Å². The summed E-state index contributed by atoms with van der Waals surface area (Å²) in [5.74, 6) is -5.45. The summed E-state index contributed by atoms with van der Waals surface area (Å²) in [5, 5.41) is 0. The van der Waals surface area contributed by atoms with E-state index in [0.717, 1.165) is 0 Å². The van der Waals surface area contributed by atoms with Crippen LogP contribution in [0, 0.1) is 0 Å². The normalized spacial score (nSPS) is 13.2. The van der Waals surface area contributed by atoms with Gasteiger partial charge in [0.1, 0.15) is 10.6 Å². The SMILES string of the molecule is CCOC(=O)C(F)(F)[C@@H](N)c1cccc(Br)n1. The van der Waals surface area contributed by atoms with Crippen LogP contribution in [0.1, 0.15) is 18.7 Å². The van der Waals surface area contributed by atoms with Gasteiger partial charge in [-0.25, -0.2) is 9.78 Å². The van der Waals surface area contributed by atoms with Crippen molar-refractivity contribution in [1.82, 2.24) is 4.98 Å². The fourth-order valence-corrected chi connectivity index (χ4v) is 1.49. The number of hydrogen-bond donors (Lipinski definition) is 1. The molecule has 0 saturated carbocycles. The molecular formula is C10H11BrF2N2O2. The number of halogens is 3. The molecule has 0 amide bonds. The number of aromatic nitrogens is 1. The Balaban J connectivity index is 2.95. The largest absolute Gasteiger partial charge is 0.462 e. The fraction of sp³-hybridized carbons (Fsp3) is 0.400. The minimum atomic E-state index is -3.80. The number of pyridine rings is 1. The molecule has 94 valence electrons. The smallest absolute Gasteiger partial charge is 0.379 e. The number of nitrogens with zero attached hydrogens (tertiary/aromatic N) is 1. The van der Waals surface area contributed by atoms with Crippen molar-refractivity contribution in [2.24, 2.45) is 5.73 Å². The molecule has 0 aliphatic rings. The molecule has 2 N–H and O–H groups in total. The summed E-state index contributed by atoms with van der Waals surface area (Å²) in [6, 6.07) is 2.56. The number of rotatable bonds is 4. The van der Waals surface area contributed by atoms with Crippen molar-refractivity contribution in [3.05, 3.63) is 28.5 Å². The summed E-state index contributed by atoms with van der Waals surface area (Å²) in [7, 11) is 0. The maximum absolute atomic E-state index is 13.6. The molecule has 0 spiro atoms. The molecule has 4 nitrogen and oxygen atoms in total. The predicted octanol–water partition coefficient (Wildman–Crippen LogP) is 2.04. The Labute approximate surface area is 105 Å². The van der Waals surface area contributed by atoms with Gasteiger partial charge in [0.2, 0.25) is 0 Å². The van der Waals surface area contributed by atoms with Crippen molar-refractivity contribution >= 4 is 21.9 Å². The van der Waals surface area contributed by atoms with Gasteiger partial charge in [-0.05, 0) is 35.0 Å². The Morgan fingerprint density at radius 1 is 1.65 bits per heavy atom. The lowest BCUT2D eigenvalue weighted by Crippen LogP contribution is -2.42. The van der Waals surface area contributed by atoms with Crippen LogP contribution in [0.15, 0.2) is 22.8 Å². The summed E-state index contributed by atoms with van der Waals surface area (Å²) >= 11 is 3.04. The van der Waals surface area contributed by atoms with E-state index in [-0.39, 0.29) is 12.3 Å². The van der Waals surface area contributed by atoms with Crippen molar-refractivity contribution in [3.8, 4) is 0 Å². The first-order chi connectivity index (χ1) is 7.89. The maximum Gasteiger partial charge on any atom is 0.379 e. The minimum Gasteiger partial charge on any atom is -0.462 e. The van der Waals surface area contributed by atoms with Gasteiger partial charge in [0.05, 0.1) is 12.3 Å². The Morgan fingerprint density at radius 3 is 2.82 bits per heavy atom. The zero-order valence-electron chi connectivity index (χ0n) is 8.99. The highest BCUT2D eigenvalue weighted by molar-refractivity contribution is 9.10. The lowest BCUT2D eigenvalue weighted by molar-refractivity contribution is -0.175. The molecule has 0 fully saturated rings. The van der Waals surface area contributed by atoms with E-state index < -0.39 is 17.9 Å². The van der Waals surface area contributed by atoms with Crippen molar-refractivity contribution in [1.29, 1.82) is 0 Å². The molecule has 0 aliphatic heterocycles. The second-order valence-corrected chi connectivity index (χ2v) is 4.02. The van der Waals surface area contributed by atoms with Crippen LogP contribution in [-0.4, -0.2) is 23.5 Å². The van der Waals surface area contributed by atoms with E-state index in [1.807, 2.05) is 0 Å². The standard InChI is InChI=1S/C10H11BrF2N2O2/c1-2-17-9(16)10(12,13)8(14)6-4-3-5-7(11)15-6/h3-5,8H,2,14H2,1H3/t8-/m0/s1. The van der Waals surface area contributed by atoms with Crippen molar-refractivity contribution in [3.63, 3.8) is 0 Å². The third-order valence-corrected chi connectivity index (χ3v) is 2.44. The molecule has 1 rings (SSSR count). The molecule has 17 heavy (non-hydrogen) atoms.